The Kier molecular flexibility index (Phi) is 5.15. The molecule has 0 radical (unpaired) electrons. The number of aromatic nitrogens is 1. The van der Waals surface area contributed by atoms with Crippen molar-refractivity contribution < 1.29 is 14.4 Å². The van der Waals surface area contributed by atoms with E-state index in [0.717, 1.165) is 45.1 Å². The molecule has 1 atom stereocenters. The van der Waals surface area contributed by atoms with E-state index in [0.29, 0.717) is 18.7 Å². The lowest BCUT2D eigenvalue weighted by Crippen LogP contribution is -2.60. The van der Waals surface area contributed by atoms with Crippen LogP contribution < -0.4 is 9.64 Å². The molecule has 2 saturated heterocycles. The Bertz CT molecular complexity index is 593. The number of nitrogens with zero attached hydrogens (tertiary/aromatic N) is 4. The topological polar surface area (TPSA) is 81.0 Å². The van der Waals surface area contributed by atoms with E-state index < -0.39 is 4.92 Å². The van der Waals surface area contributed by atoms with Crippen LogP contribution in [0.25, 0.3) is 0 Å². The summed E-state index contributed by atoms with van der Waals surface area (Å²) in [5, 5.41) is 11.1. The third-order valence-electron chi connectivity index (χ3n) is 4.56. The van der Waals surface area contributed by atoms with E-state index in [2.05, 4.69) is 21.7 Å². The van der Waals surface area contributed by atoms with Gasteiger partial charge in [0.2, 0.25) is 0 Å². The molecule has 0 spiro atoms. The van der Waals surface area contributed by atoms with Gasteiger partial charge < -0.3 is 14.4 Å². The first-order chi connectivity index (χ1) is 11.6. The van der Waals surface area contributed by atoms with Gasteiger partial charge >= 0.3 is 5.69 Å². The van der Waals surface area contributed by atoms with Crippen molar-refractivity contribution in [2.45, 2.75) is 32.4 Å². The smallest absolute Gasteiger partial charge is 0.331 e. The Hall–Kier alpha value is -1.93. The number of hydrogen-bond donors (Lipinski definition) is 0. The number of piperazine rings is 1. The highest BCUT2D eigenvalue weighted by Crippen LogP contribution is 2.29. The highest BCUT2D eigenvalue weighted by Gasteiger charge is 2.34. The van der Waals surface area contributed by atoms with Crippen molar-refractivity contribution in [3.05, 3.63) is 22.2 Å². The summed E-state index contributed by atoms with van der Waals surface area (Å²) in [6.45, 7) is 8.84. The Labute approximate surface area is 141 Å². The Morgan fingerprint density at radius 2 is 2.21 bits per heavy atom. The summed E-state index contributed by atoms with van der Waals surface area (Å²) in [6, 6.07) is 4.12. The predicted molar refractivity (Wildman–Crippen MR) is 89.7 cm³/mol. The van der Waals surface area contributed by atoms with Crippen LogP contribution >= 0.6 is 0 Å². The largest absolute Gasteiger partial charge is 0.473 e. The minimum absolute atomic E-state index is 0.0782. The van der Waals surface area contributed by atoms with Crippen LogP contribution in [0.2, 0.25) is 0 Å². The van der Waals surface area contributed by atoms with Gasteiger partial charge in [-0.1, -0.05) is 6.92 Å². The summed E-state index contributed by atoms with van der Waals surface area (Å²) in [5.74, 6) is 0.852. The average Bonchev–Trinajstić information content (AvgIpc) is 2.52. The zero-order chi connectivity index (χ0) is 17.1. The van der Waals surface area contributed by atoms with Crippen LogP contribution in [0.1, 0.15) is 20.3 Å². The minimum atomic E-state index is -0.446. The molecule has 8 heteroatoms. The molecule has 2 fully saturated rings. The van der Waals surface area contributed by atoms with E-state index in [1.807, 2.05) is 6.92 Å². The van der Waals surface area contributed by atoms with Gasteiger partial charge in [0.15, 0.2) is 0 Å². The molecule has 24 heavy (non-hydrogen) atoms. The highest BCUT2D eigenvalue weighted by atomic mass is 16.6. The lowest BCUT2D eigenvalue weighted by molar-refractivity contribution is -0.386. The van der Waals surface area contributed by atoms with Crippen LogP contribution in [0.3, 0.4) is 0 Å². The SMILES string of the molecule is CCCOc1nc(N2CCN(C3COC3)C(C)C2)ccc1[N+](=O)[O-]. The summed E-state index contributed by atoms with van der Waals surface area (Å²) in [5.41, 5.74) is -0.0782. The number of rotatable bonds is 6. The molecule has 1 aromatic heterocycles. The number of ether oxygens (including phenoxy) is 2. The standard InChI is InChI=1S/C16H24N4O4/c1-3-8-24-16-14(20(21)22)4-5-15(17-16)18-6-7-19(12(2)9-18)13-10-23-11-13/h4-5,12-13H,3,6-11H2,1-2H3. The van der Waals surface area contributed by atoms with Crippen LogP contribution in [-0.4, -0.2) is 66.3 Å². The van der Waals surface area contributed by atoms with E-state index in [1.165, 1.54) is 6.07 Å². The molecule has 2 aliphatic rings. The van der Waals surface area contributed by atoms with Gasteiger partial charge in [-0.3, -0.25) is 15.0 Å². The molecule has 0 aliphatic carbocycles. The number of nitro groups is 1. The van der Waals surface area contributed by atoms with Crippen molar-refractivity contribution in [3.8, 4) is 5.88 Å². The lowest BCUT2D eigenvalue weighted by Gasteiger charge is -2.46. The summed E-state index contributed by atoms with van der Waals surface area (Å²) in [6.07, 6.45) is 0.780. The molecule has 0 aromatic carbocycles. The molecule has 0 saturated carbocycles. The van der Waals surface area contributed by atoms with E-state index in [-0.39, 0.29) is 11.6 Å². The van der Waals surface area contributed by atoms with E-state index in [9.17, 15) is 10.1 Å². The lowest BCUT2D eigenvalue weighted by atomic mass is 10.1. The summed E-state index contributed by atoms with van der Waals surface area (Å²) >= 11 is 0. The monoisotopic (exact) mass is 336 g/mol. The van der Waals surface area contributed by atoms with Gasteiger partial charge in [0.25, 0.3) is 5.88 Å². The number of anilines is 1. The summed E-state index contributed by atoms with van der Waals surface area (Å²) in [4.78, 5) is 19.7. The van der Waals surface area contributed by atoms with Gasteiger partial charge in [-0.25, -0.2) is 0 Å². The van der Waals surface area contributed by atoms with Crippen LogP contribution in [0.4, 0.5) is 11.5 Å². The predicted octanol–water partition coefficient (Wildman–Crippen LogP) is 1.69. The molecule has 2 aliphatic heterocycles. The van der Waals surface area contributed by atoms with E-state index in [4.69, 9.17) is 9.47 Å². The first-order valence-corrected chi connectivity index (χ1v) is 8.46. The molecule has 132 valence electrons. The Balaban J connectivity index is 1.73. The molecule has 0 bridgehead atoms. The van der Waals surface area contributed by atoms with E-state index in [1.54, 1.807) is 6.07 Å². The molecule has 8 nitrogen and oxygen atoms in total. The van der Waals surface area contributed by atoms with Crippen LogP contribution in [0.5, 0.6) is 5.88 Å². The fourth-order valence-corrected chi connectivity index (χ4v) is 3.18. The second-order valence-electron chi connectivity index (χ2n) is 6.32. The van der Waals surface area contributed by atoms with Gasteiger partial charge in [-0.05, 0) is 19.4 Å². The van der Waals surface area contributed by atoms with E-state index >= 15 is 0 Å². The van der Waals surface area contributed by atoms with Crippen molar-refractivity contribution >= 4 is 11.5 Å². The number of pyridine rings is 1. The third kappa shape index (κ3) is 3.44. The molecule has 3 rings (SSSR count). The van der Waals surface area contributed by atoms with Crippen LogP contribution in [0, 0.1) is 10.1 Å². The third-order valence-corrected chi connectivity index (χ3v) is 4.56. The van der Waals surface area contributed by atoms with Crippen molar-refractivity contribution in [1.29, 1.82) is 0 Å². The van der Waals surface area contributed by atoms with Crippen LogP contribution in [0.15, 0.2) is 12.1 Å². The minimum Gasteiger partial charge on any atom is -0.473 e. The first kappa shape index (κ1) is 16.9. The van der Waals surface area contributed by atoms with Crippen molar-refractivity contribution in [3.63, 3.8) is 0 Å². The van der Waals surface area contributed by atoms with Crippen molar-refractivity contribution in [1.82, 2.24) is 9.88 Å². The fraction of sp³-hybridized carbons (Fsp3) is 0.688. The summed E-state index contributed by atoms with van der Waals surface area (Å²) in [7, 11) is 0. The first-order valence-electron chi connectivity index (χ1n) is 8.46. The van der Waals surface area contributed by atoms with Gasteiger partial charge in [-0.2, -0.15) is 4.98 Å². The maximum Gasteiger partial charge on any atom is 0.331 e. The molecular formula is C16H24N4O4. The second-order valence-corrected chi connectivity index (χ2v) is 6.32. The zero-order valence-corrected chi connectivity index (χ0v) is 14.2. The summed E-state index contributed by atoms with van der Waals surface area (Å²) < 4.78 is 10.8. The van der Waals surface area contributed by atoms with Crippen molar-refractivity contribution in [2.24, 2.45) is 0 Å². The van der Waals surface area contributed by atoms with Crippen molar-refractivity contribution in [2.75, 3.05) is 44.4 Å². The van der Waals surface area contributed by atoms with Gasteiger partial charge in [0, 0.05) is 31.7 Å². The normalized spacial score (nSPS) is 22.2. The second kappa shape index (κ2) is 7.31. The van der Waals surface area contributed by atoms with Gasteiger partial charge in [0.05, 0.1) is 30.8 Å². The molecule has 1 aromatic rings. The van der Waals surface area contributed by atoms with Crippen LogP contribution in [-0.2, 0) is 4.74 Å². The molecule has 1 unspecified atom stereocenters. The maximum absolute atomic E-state index is 11.1. The highest BCUT2D eigenvalue weighted by molar-refractivity contribution is 5.51. The fourth-order valence-electron chi connectivity index (χ4n) is 3.18. The molecule has 0 amide bonds. The molecule has 0 N–H and O–H groups in total. The quantitative estimate of drug-likeness (QED) is 0.577. The van der Waals surface area contributed by atoms with Gasteiger partial charge in [-0.15, -0.1) is 0 Å². The van der Waals surface area contributed by atoms with Gasteiger partial charge in [0.1, 0.15) is 5.82 Å². The zero-order valence-electron chi connectivity index (χ0n) is 14.2. The molecule has 3 heterocycles. The average molecular weight is 336 g/mol. The Morgan fingerprint density at radius 3 is 2.79 bits per heavy atom. The maximum atomic E-state index is 11.1. The number of hydrogen-bond acceptors (Lipinski definition) is 7. The molecular weight excluding hydrogens is 312 g/mol. The Morgan fingerprint density at radius 1 is 1.42 bits per heavy atom.